The molecule has 2 N–H and O–H groups in total. The number of pyridine rings is 1. The molecule has 1 aliphatic carbocycles. The van der Waals surface area contributed by atoms with Crippen LogP contribution in [-0.4, -0.2) is 11.0 Å². The van der Waals surface area contributed by atoms with Crippen molar-refractivity contribution in [3.05, 3.63) is 46.2 Å². The van der Waals surface area contributed by atoms with Gasteiger partial charge in [0.15, 0.2) is 0 Å². The number of para-hydroxylation sites is 1. The highest BCUT2D eigenvalue weighted by Crippen LogP contribution is 2.37. The SMILES string of the molecule is CC1(C)CCCC1NCc1cc2ccccc2[nH]c1=O. The van der Waals surface area contributed by atoms with E-state index in [2.05, 4.69) is 24.1 Å². The maximum absolute atomic E-state index is 12.1. The summed E-state index contributed by atoms with van der Waals surface area (Å²) in [6.45, 7) is 5.26. The lowest BCUT2D eigenvalue weighted by atomic mass is 9.87. The standard InChI is InChI=1S/C17H22N2O/c1-17(2)9-5-8-15(17)18-11-13-10-12-6-3-4-7-14(12)19-16(13)20/h3-4,6-7,10,15,18H,5,8-9,11H2,1-2H3,(H,19,20). The summed E-state index contributed by atoms with van der Waals surface area (Å²) in [7, 11) is 0. The topological polar surface area (TPSA) is 44.9 Å². The summed E-state index contributed by atoms with van der Waals surface area (Å²) in [5.74, 6) is 0. The summed E-state index contributed by atoms with van der Waals surface area (Å²) < 4.78 is 0. The van der Waals surface area contributed by atoms with E-state index >= 15 is 0 Å². The van der Waals surface area contributed by atoms with Crippen LogP contribution in [0.4, 0.5) is 0 Å². The quantitative estimate of drug-likeness (QED) is 0.899. The molecule has 3 heteroatoms. The monoisotopic (exact) mass is 270 g/mol. The zero-order chi connectivity index (χ0) is 14.2. The fraction of sp³-hybridized carbons (Fsp3) is 0.471. The van der Waals surface area contributed by atoms with Crippen LogP contribution in [0.1, 0.15) is 38.7 Å². The third-order valence-corrected chi connectivity index (χ3v) is 4.63. The van der Waals surface area contributed by atoms with Crippen LogP contribution in [0.3, 0.4) is 0 Å². The van der Waals surface area contributed by atoms with Gasteiger partial charge >= 0.3 is 0 Å². The molecule has 2 aromatic rings. The van der Waals surface area contributed by atoms with Gasteiger partial charge in [-0.3, -0.25) is 4.79 Å². The molecular weight excluding hydrogens is 248 g/mol. The van der Waals surface area contributed by atoms with E-state index in [0.717, 1.165) is 16.5 Å². The molecule has 1 fully saturated rings. The van der Waals surface area contributed by atoms with Gasteiger partial charge in [-0.15, -0.1) is 0 Å². The maximum atomic E-state index is 12.1. The number of aromatic amines is 1. The predicted molar refractivity (Wildman–Crippen MR) is 82.8 cm³/mol. The van der Waals surface area contributed by atoms with Crippen molar-refractivity contribution in [2.75, 3.05) is 0 Å². The molecule has 1 aromatic heterocycles. The fourth-order valence-electron chi connectivity index (χ4n) is 3.26. The van der Waals surface area contributed by atoms with Crippen LogP contribution in [0, 0.1) is 5.41 Å². The largest absolute Gasteiger partial charge is 0.322 e. The second-order valence-electron chi connectivity index (χ2n) is 6.53. The molecule has 0 aliphatic heterocycles. The molecule has 1 heterocycles. The van der Waals surface area contributed by atoms with Gasteiger partial charge in [-0.05, 0) is 35.8 Å². The summed E-state index contributed by atoms with van der Waals surface area (Å²) >= 11 is 0. The number of nitrogens with one attached hydrogen (secondary N) is 2. The second kappa shape index (κ2) is 5.06. The lowest BCUT2D eigenvalue weighted by Crippen LogP contribution is -2.38. The number of hydrogen-bond donors (Lipinski definition) is 2. The van der Waals surface area contributed by atoms with Crippen molar-refractivity contribution in [3.63, 3.8) is 0 Å². The average molecular weight is 270 g/mol. The molecule has 106 valence electrons. The molecule has 1 aliphatic rings. The number of aromatic nitrogens is 1. The lowest BCUT2D eigenvalue weighted by molar-refractivity contribution is 0.282. The zero-order valence-corrected chi connectivity index (χ0v) is 12.2. The van der Waals surface area contributed by atoms with Gasteiger partial charge in [-0.2, -0.15) is 0 Å². The van der Waals surface area contributed by atoms with E-state index in [1.165, 1.54) is 19.3 Å². The summed E-state index contributed by atoms with van der Waals surface area (Å²) in [4.78, 5) is 15.1. The van der Waals surface area contributed by atoms with Gasteiger partial charge in [0.25, 0.3) is 5.56 Å². The molecule has 0 bridgehead atoms. The Morgan fingerprint density at radius 3 is 2.90 bits per heavy atom. The van der Waals surface area contributed by atoms with Gasteiger partial charge in [-0.1, -0.05) is 38.5 Å². The van der Waals surface area contributed by atoms with Crippen LogP contribution < -0.4 is 10.9 Å². The van der Waals surface area contributed by atoms with Gasteiger partial charge in [0, 0.05) is 23.7 Å². The second-order valence-corrected chi connectivity index (χ2v) is 6.53. The molecule has 0 radical (unpaired) electrons. The molecule has 3 nitrogen and oxygen atoms in total. The van der Waals surface area contributed by atoms with Gasteiger partial charge in [0.2, 0.25) is 0 Å². The Balaban J connectivity index is 1.81. The molecule has 1 unspecified atom stereocenters. The first-order valence-electron chi connectivity index (χ1n) is 7.41. The van der Waals surface area contributed by atoms with Gasteiger partial charge in [-0.25, -0.2) is 0 Å². The predicted octanol–water partition coefficient (Wildman–Crippen LogP) is 3.20. The Labute approximate surface area is 119 Å². The highest BCUT2D eigenvalue weighted by molar-refractivity contribution is 5.78. The lowest BCUT2D eigenvalue weighted by Gasteiger charge is -2.27. The van der Waals surface area contributed by atoms with Crippen LogP contribution in [-0.2, 0) is 6.54 Å². The highest BCUT2D eigenvalue weighted by Gasteiger charge is 2.33. The van der Waals surface area contributed by atoms with Crippen molar-refractivity contribution in [2.24, 2.45) is 5.41 Å². The van der Waals surface area contributed by atoms with Crippen molar-refractivity contribution < 1.29 is 0 Å². The first-order chi connectivity index (χ1) is 9.56. The van der Waals surface area contributed by atoms with Gasteiger partial charge < -0.3 is 10.3 Å². The van der Waals surface area contributed by atoms with Gasteiger partial charge in [0.1, 0.15) is 0 Å². The Morgan fingerprint density at radius 2 is 2.15 bits per heavy atom. The van der Waals surface area contributed by atoms with Crippen LogP contribution in [0.25, 0.3) is 10.9 Å². The summed E-state index contributed by atoms with van der Waals surface area (Å²) in [5, 5.41) is 4.67. The molecule has 1 saturated carbocycles. The van der Waals surface area contributed by atoms with E-state index in [1.807, 2.05) is 30.3 Å². The number of rotatable bonds is 3. The van der Waals surface area contributed by atoms with Crippen LogP contribution >= 0.6 is 0 Å². The van der Waals surface area contributed by atoms with Crippen molar-refractivity contribution in [2.45, 2.75) is 45.7 Å². The Morgan fingerprint density at radius 1 is 1.35 bits per heavy atom. The average Bonchev–Trinajstić information content (AvgIpc) is 2.75. The van der Waals surface area contributed by atoms with Crippen molar-refractivity contribution >= 4 is 10.9 Å². The van der Waals surface area contributed by atoms with E-state index in [9.17, 15) is 4.79 Å². The Kier molecular flexibility index (Phi) is 3.38. The van der Waals surface area contributed by atoms with E-state index < -0.39 is 0 Å². The van der Waals surface area contributed by atoms with E-state index in [0.29, 0.717) is 18.0 Å². The Bertz CT molecular complexity index is 672. The number of benzene rings is 1. The normalized spacial score (nSPS) is 21.4. The van der Waals surface area contributed by atoms with E-state index in [1.54, 1.807) is 0 Å². The third-order valence-electron chi connectivity index (χ3n) is 4.63. The summed E-state index contributed by atoms with van der Waals surface area (Å²) in [6.07, 6.45) is 3.75. The smallest absolute Gasteiger partial charge is 0.252 e. The fourth-order valence-corrected chi connectivity index (χ4v) is 3.26. The van der Waals surface area contributed by atoms with Crippen molar-refractivity contribution in [1.82, 2.24) is 10.3 Å². The highest BCUT2D eigenvalue weighted by atomic mass is 16.1. The van der Waals surface area contributed by atoms with Crippen LogP contribution in [0.2, 0.25) is 0 Å². The molecule has 0 amide bonds. The number of H-pyrrole nitrogens is 1. The maximum Gasteiger partial charge on any atom is 0.252 e. The van der Waals surface area contributed by atoms with E-state index in [-0.39, 0.29) is 5.56 Å². The summed E-state index contributed by atoms with van der Waals surface area (Å²) in [5.41, 5.74) is 2.09. The van der Waals surface area contributed by atoms with Crippen LogP contribution in [0.15, 0.2) is 35.1 Å². The minimum Gasteiger partial charge on any atom is -0.322 e. The zero-order valence-electron chi connectivity index (χ0n) is 12.2. The Hall–Kier alpha value is -1.61. The molecular formula is C17H22N2O. The minimum atomic E-state index is 0.0204. The number of hydrogen-bond acceptors (Lipinski definition) is 2. The molecule has 1 atom stereocenters. The van der Waals surface area contributed by atoms with Gasteiger partial charge in [0.05, 0.1) is 0 Å². The molecule has 0 saturated heterocycles. The minimum absolute atomic E-state index is 0.0204. The van der Waals surface area contributed by atoms with Crippen molar-refractivity contribution in [3.8, 4) is 0 Å². The molecule has 1 aromatic carbocycles. The van der Waals surface area contributed by atoms with E-state index in [4.69, 9.17) is 0 Å². The number of fused-ring (bicyclic) bond motifs is 1. The molecule has 3 rings (SSSR count). The summed E-state index contributed by atoms with van der Waals surface area (Å²) in [6, 6.07) is 10.4. The van der Waals surface area contributed by atoms with Crippen LogP contribution in [0.5, 0.6) is 0 Å². The third kappa shape index (κ3) is 2.50. The van der Waals surface area contributed by atoms with Crippen molar-refractivity contribution in [1.29, 1.82) is 0 Å². The first kappa shape index (κ1) is 13.4. The first-order valence-corrected chi connectivity index (χ1v) is 7.41. The molecule has 20 heavy (non-hydrogen) atoms. The molecule has 0 spiro atoms.